The number of hydrogen-bond acceptors (Lipinski definition) is 2. The molecule has 0 aromatic heterocycles. The van der Waals surface area contributed by atoms with E-state index in [0.717, 1.165) is 32.1 Å². The van der Waals surface area contributed by atoms with Crippen molar-refractivity contribution in [3.05, 3.63) is 48.0 Å². The second-order valence-electron chi connectivity index (χ2n) is 4.80. The van der Waals surface area contributed by atoms with Crippen LogP contribution in [0.15, 0.2) is 36.9 Å². The quantitative estimate of drug-likeness (QED) is 0.728. The first kappa shape index (κ1) is 12.3. The molecule has 0 amide bonds. The van der Waals surface area contributed by atoms with E-state index in [1.165, 1.54) is 24.0 Å². The molecule has 0 radical (unpaired) electrons. The van der Waals surface area contributed by atoms with Gasteiger partial charge in [0.25, 0.3) is 0 Å². The average Bonchev–Trinajstić information content (AvgIpc) is 3.15. The number of nitrogens with zero attached hydrogens (tertiary/aromatic N) is 1. The van der Waals surface area contributed by atoms with Crippen molar-refractivity contribution < 1.29 is 0 Å². The fourth-order valence-electron chi connectivity index (χ4n) is 2.16. The van der Waals surface area contributed by atoms with E-state index in [0.29, 0.717) is 0 Å². The van der Waals surface area contributed by atoms with E-state index in [2.05, 4.69) is 35.7 Å². The molecule has 1 fully saturated rings. The van der Waals surface area contributed by atoms with Crippen LogP contribution >= 0.6 is 0 Å². The van der Waals surface area contributed by atoms with Gasteiger partial charge in [0.1, 0.15) is 0 Å². The van der Waals surface area contributed by atoms with E-state index in [4.69, 9.17) is 5.73 Å². The number of benzene rings is 1. The van der Waals surface area contributed by atoms with E-state index in [9.17, 15) is 0 Å². The third kappa shape index (κ3) is 3.69. The lowest BCUT2D eigenvalue weighted by atomic mass is 10.1. The molecule has 17 heavy (non-hydrogen) atoms. The summed E-state index contributed by atoms with van der Waals surface area (Å²) in [4.78, 5) is 2.50. The number of rotatable bonds is 7. The van der Waals surface area contributed by atoms with Crippen molar-refractivity contribution >= 4 is 0 Å². The summed E-state index contributed by atoms with van der Waals surface area (Å²) >= 11 is 0. The molecule has 2 rings (SSSR count). The molecule has 0 bridgehead atoms. The lowest BCUT2D eigenvalue weighted by molar-refractivity contribution is 0.284. The summed E-state index contributed by atoms with van der Waals surface area (Å²) in [5.41, 5.74) is 8.27. The van der Waals surface area contributed by atoms with E-state index in [1.807, 2.05) is 6.08 Å². The van der Waals surface area contributed by atoms with Gasteiger partial charge in [-0.15, -0.1) is 6.58 Å². The Morgan fingerprint density at radius 3 is 2.41 bits per heavy atom. The Bertz CT molecular complexity index is 352. The largest absolute Gasteiger partial charge is 0.330 e. The highest BCUT2D eigenvalue weighted by Gasteiger charge is 2.27. The lowest BCUT2D eigenvalue weighted by Crippen LogP contribution is -2.25. The summed E-state index contributed by atoms with van der Waals surface area (Å²) < 4.78 is 0. The molecule has 1 aromatic rings. The fourth-order valence-corrected chi connectivity index (χ4v) is 2.16. The lowest BCUT2D eigenvalue weighted by Gasteiger charge is -2.20. The first-order valence-corrected chi connectivity index (χ1v) is 6.46. The van der Waals surface area contributed by atoms with Crippen molar-refractivity contribution in [2.75, 3.05) is 13.1 Å². The summed E-state index contributed by atoms with van der Waals surface area (Å²) in [5.74, 6) is 0. The van der Waals surface area contributed by atoms with Gasteiger partial charge in [-0.05, 0) is 36.9 Å². The topological polar surface area (TPSA) is 29.3 Å². The van der Waals surface area contributed by atoms with Gasteiger partial charge in [0.05, 0.1) is 0 Å². The number of hydrogen-bond donors (Lipinski definition) is 1. The van der Waals surface area contributed by atoms with Gasteiger partial charge in [0.2, 0.25) is 0 Å². The van der Waals surface area contributed by atoms with Crippen LogP contribution in [-0.2, 0) is 13.0 Å². The Hall–Kier alpha value is -1.12. The maximum absolute atomic E-state index is 5.55. The first-order chi connectivity index (χ1) is 8.33. The maximum Gasteiger partial charge on any atom is 0.0239 e. The molecule has 2 nitrogen and oxygen atoms in total. The third-order valence-electron chi connectivity index (χ3n) is 3.27. The van der Waals surface area contributed by atoms with Gasteiger partial charge in [-0.2, -0.15) is 0 Å². The fraction of sp³-hybridized carbons (Fsp3) is 0.467. The van der Waals surface area contributed by atoms with Crippen molar-refractivity contribution in [3.8, 4) is 0 Å². The van der Waals surface area contributed by atoms with Crippen molar-refractivity contribution in [1.82, 2.24) is 4.90 Å². The van der Waals surface area contributed by atoms with Crippen molar-refractivity contribution in [2.45, 2.75) is 31.8 Å². The Labute approximate surface area is 104 Å². The smallest absolute Gasteiger partial charge is 0.0239 e. The summed E-state index contributed by atoms with van der Waals surface area (Å²) in [5, 5.41) is 0. The minimum Gasteiger partial charge on any atom is -0.330 e. The van der Waals surface area contributed by atoms with E-state index in [1.54, 1.807) is 0 Å². The van der Waals surface area contributed by atoms with E-state index in [-0.39, 0.29) is 0 Å². The molecule has 0 saturated heterocycles. The molecule has 1 aliphatic rings. The van der Waals surface area contributed by atoms with Gasteiger partial charge in [-0.25, -0.2) is 0 Å². The minimum atomic E-state index is 0.726. The van der Waals surface area contributed by atoms with Crippen molar-refractivity contribution in [1.29, 1.82) is 0 Å². The van der Waals surface area contributed by atoms with Crippen LogP contribution in [-0.4, -0.2) is 24.0 Å². The van der Waals surface area contributed by atoms with Crippen LogP contribution in [0.2, 0.25) is 0 Å². The van der Waals surface area contributed by atoms with Crippen molar-refractivity contribution in [2.24, 2.45) is 5.73 Å². The summed E-state index contributed by atoms with van der Waals surface area (Å²) in [6.07, 6.45) is 5.67. The van der Waals surface area contributed by atoms with Crippen LogP contribution in [0, 0.1) is 0 Å². The predicted octanol–water partition coefficient (Wildman–Crippen LogP) is 2.34. The van der Waals surface area contributed by atoms with Gasteiger partial charge < -0.3 is 5.73 Å². The van der Waals surface area contributed by atoms with Crippen molar-refractivity contribution in [3.63, 3.8) is 0 Å². The molecular weight excluding hydrogens is 208 g/mol. The van der Waals surface area contributed by atoms with Gasteiger partial charge in [0.15, 0.2) is 0 Å². The van der Waals surface area contributed by atoms with Crippen LogP contribution in [0.3, 0.4) is 0 Å². The van der Waals surface area contributed by atoms with Crippen LogP contribution in [0.1, 0.15) is 24.0 Å². The summed E-state index contributed by atoms with van der Waals surface area (Å²) in [6, 6.07) is 9.63. The van der Waals surface area contributed by atoms with Crippen LogP contribution < -0.4 is 5.73 Å². The standard InChI is InChI=1S/C15H22N2/c1-2-11-17(15-7-8-15)12-14-5-3-13(4-6-14)9-10-16/h2-6,15H,1,7-12,16H2. The molecule has 0 atom stereocenters. The van der Waals surface area contributed by atoms with Gasteiger partial charge in [-0.1, -0.05) is 30.3 Å². The SMILES string of the molecule is C=CCN(Cc1ccc(CCN)cc1)C1CC1. The Morgan fingerprint density at radius 2 is 1.88 bits per heavy atom. The molecule has 0 aliphatic heterocycles. The first-order valence-electron chi connectivity index (χ1n) is 6.46. The van der Waals surface area contributed by atoms with E-state index >= 15 is 0 Å². The molecule has 2 N–H and O–H groups in total. The Kier molecular flexibility index (Phi) is 4.35. The molecule has 2 heteroatoms. The maximum atomic E-state index is 5.55. The predicted molar refractivity (Wildman–Crippen MR) is 72.8 cm³/mol. The second kappa shape index (κ2) is 5.99. The normalized spacial score (nSPS) is 15.2. The molecule has 1 saturated carbocycles. The van der Waals surface area contributed by atoms with Gasteiger partial charge in [0, 0.05) is 19.1 Å². The minimum absolute atomic E-state index is 0.726. The summed E-state index contributed by atoms with van der Waals surface area (Å²) in [7, 11) is 0. The monoisotopic (exact) mass is 230 g/mol. The molecule has 1 aromatic carbocycles. The molecular formula is C15H22N2. The molecule has 0 spiro atoms. The molecule has 1 aliphatic carbocycles. The molecule has 92 valence electrons. The zero-order valence-corrected chi connectivity index (χ0v) is 10.4. The van der Waals surface area contributed by atoms with E-state index < -0.39 is 0 Å². The third-order valence-corrected chi connectivity index (χ3v) is 3.27. The highest BCUT2D eigenvalue weighted by Crippen LogP contribution is 2.28. The van der Waals surface area contributed by atoms with Gasteiger partial charge >= 0.3 is 0 Å². The van der Waals surface area contributed by atoms with Gasteiger partial charge in [-0.3, -0.25) is 4.90 Å². The molecule has 0 heterocycles. The Balaban J connectivity index is 1.94. The average molecular weight is 230 g/mol. The van der Waals surface area contributed by atoms with Crippen LogP contribution in [0.5, 0.6) is 0 Å². The zero-order chi connectivity index (χ0) is 12.1. The highest BCUT2D eigenvalue weighted by atomic mass is 15.2. The number of nitrogens with two attached hydrogens (primary N) is 1. The highest BCUT2D eigenvalue weighted by molar-refractivity contribution is 5.23. The zero-order valence-electron chi connectivity index (χ0n) is 10.4. The second-order valence-corrected chi connectivity index (χ2v) is 4.80. The molecule has 0 unspecified atom stereocenters. The van der Waals surface area contributed by atoms with Crippen LogP contribution in [0.4, 0.5) is 0 Å². The Morgan fingerprint density at radius 1 is 1.24 bits per heavy atom. The van der Waals surface area contributed by atoms with Crippen LogP contribution in [0.25, 0.3) is 0 Å². The summed E-state index contributed by atoms with van der Waals surface area (Å²) in [6.45, 7) is 6.60.